The van der Waals surface area contributed by atoms with Crippen molar-refractivity contribution in [3.05, 3.63) is 0 Å². The zero-order valence-electron chi connectivity index (χ0n) is 13.3. The molecule has 3 N–H and O–H groups in total. The van der Waals surface area contributed by atoms with Gasteiger partial charge in [0.05, 0.1) is 0 Å². The molecule has 0 atom stereocenters. The Morgan fingerprint density at radius 3 is 1.30 bits per heavy atom. The van der Waals surface area contributed by atoms with Crippen LogP contribution >= 0.6 is 0 Å². The smallest absolute Gasteiger partial charge is 0.303 e. The molecule has 0 aromatic carbocycles. The van der Waals surface area contributed by atoms with Gasteiger partial charge in [0.15, 0.2) is 0 Å². The second-order valence-electron chi connectivity index (χ2n) is 5.39. The monoisotopic (exact) mass is 364 g/mol. The van der Waals surface area contributed by atoms with Crippen molar-refractivity contribution in [3.8, 4) is 0 Å². The van der Waals surface area contributed by atoms with Gasteiger partial charge in [-0.3, -0.25) is 4.79 Å². The molecule has 0 aliphatic rings. The predicted molar refractivity (Wildman–Crippen MR) is 81.6 cm³/mol. The predicted octanol–water partition coefficient (Wildman–Crippen LogP) is 4.73. The van der Waals surface area contributed by atoms with Gasteiger partial charge in [-0.05, 0) is 6.42 Å². The Kier molecular flexibility index (Phi) is 27.3. The van der Waals surface area contributed by atoms with Crippen molar-refractivity contribution < 1.29 is 41.6 Å². The molecule has 0 bridgehead atoms. The minimum Gasteiger partial charge on any atom is -0.481 e. The third-order valence-electron chi connectivity index (χ3n) is 3.49. The molecule has 0 saturated carbocycles. The Morgan fingerprint density at radius 1 is 0.700 bits per heavy atom. The van der Waals surface area contributed by atoms with E-state index in [2.05, 4.69) is 6.92 Å². The number of carboxylic acid groups (broad SMARTS) is 1. The normalized spacial score (nSPS) is 9.65. The molecule has 0 saturated heterocycles. The van der Waals surface area contributed by atoms with E-state index in [0.29, 0.717) is 6.42 Å². The van der Waals surface area contributed by atoms with Crippen LogP contribution in [-0.2, 0) is 31.0 Å². The Morgan fingerprint density at radius 2 is 1.00 bits per heavy atom. The van der Waals surface area contributed by atoms with Gasteiger partial charge in [-0.1, -0.05) is 84.0 Å². The van der Waals surface area contributed by atoms with Crippen LogP contribution in [0.5, 0.6) is 0 Å². The fourth-order valence-corrected chi connectivity index (χ4v) is 2.29. The van der Waals surface area contributed by atoms with E-state index in [1.165, 1.54) is 70.6 Å². The van der Waals surface area contributed by atoms with Crippen molar-refractivity contribution in [2.45, 2.75) is 96.8 Å². The third-order valence-corrected chi connectivity index (χ3v) is 3.49. The molecule has 0 spiro atoms. The zero-order valence-corrected chi connectivity index (χ0v) is 15.7. The van der Waals surface area contributed by atoms with Gasteiger partial charge in [-0.25, -0.2) is 0 Å². The summed E-state index contributed by atoms with van der Waals surface area (Å²) in [6.07, 6.45) is 17.3. The van der Waals surface area contributed by atoms with Gasteiger partial charge in [0.1, 0.15) is 0 Å². The molecule has 0 heterocycles. The van der Waals surface area contributed by atoms with E-state index < -0.39 is 5.97 Å². The average Bonchev–Trinajstić information content (AvgIpc) is 2.34. The number of hydrogen-bond donors (Lipinski definition) is 1. The largest absolute Gasteiger partial charge is 0.481 e. The van der Waals surface area contributed by atoms with Crippen LogP contribution in [-0.4, -0.2) is 16.6 Å². The topological polar surface area (TPSA) is 68.8 Å². The molecule has 4 heteroatoms. The van der Waals surface area contributed by atoms with Gasteiger partial charge in [0.2, 0.25) is 0 Å². The molecule has 20 heavy (non-hydrogen) atoms. The van der Waals surface area contributed by atoms with Crippen LogP contribution in [0, 0.1) is 0 Å². The Labute approximate surface area is 144 Å². The van der Waals surface area contributed by atoms with Crippen LogP contribution in [0.3, 0.4) is 0 Å². The van der Waals surface area contributed by atoms with E-state index in [4.69, 9.17) is 5.11 Å². The molecule has 0 unspecified atom stereocenters. The van der Waals surface area contributed by atoms with Crippen molar-refractivity contribution in [3.63, 3.8) is 0 Å². The van der Waals surface area contributed by atoms with Crippen molar-refractivity contribution in [1.29, 1.82) is 0 Å². The molecule has 0 aromatic heterocycles. The van der Waals surface area contributed by atoms with Crippen molar-refractivity contribution in [2.24, 2.45) is 0 Å². The molecule has 0 aliphatic carbocycles. The van der Waals surface area contributed by atoms with E-state index >= 15 is 0 Å². The molecule has 0 aliphatic heterocycles. The number of rotatable bonds is 14. The second kappa shape index (κ2) is 21.6. The van der Waals surface area contributed by atoms with E-state index in [9.17, 15) is 4.79 Å². The molecule has 3 nitrogen and oxygen atoms in total. The number of aliphatic carboxylic acids is 1. The molecule has 120 valence electrons. The number of hydrogen-bond acceptors (Lipinski definition) is 1. The first-order chi connectivity index (χ1) is 8.77. The van der Waals surface area contributed by atoms with Gasteiger partial charge >= 0.3 is 5.97 Å². The maximum atomic E-state index is 10.3. The van der Waals surface area contributed by atoms with Crippen LogP contribution < -0.4 is 0 Å². The fraction of sp³-hybridized carbons (Fsp3) is 0.938. The molecule has 0 amide bonds. The van der Waals surface area contributed by atoms with Crippen molar-refractivity contribution >= 4 is 5.97 Å². The SMILES string of the molecule is CCCCCCCCCCCCCCCC(=O)O.O.[Zr]. The maximum absolute atomic E-state index is 10.3. The number of unbranched alkanes of at least 4 members (excludes halogenated alkanes) is 12. The van der Waals surface area contributed by atoms with Crippen molar-refractivity contribution in [1.82, 2.24) is 0 Å². The average molecular weight is 366 g/mol. The summed E-state index contributed by atoms with van der Waals surface area (Å²) < 4.78 is 0. The molecule has 0 fully saturated rings. The van der Waals surface area contributed by atoms with Gasteiger partial charge in [0.25, 0.3) is 0 Å². The summed E-state index contributed by atoms with van der Waals surface area (Å²) in [6, 6.07) is 0. The number of carboxylic acids is 1. The summed E-state index contributed by atoms with van der Waals surface area (Å²) in [5.41, 5.74) is 0. The molecular formula is C16H34O3Zr. The Bertz CT molecular complexity index is 187. The van der Waals surface area contributed by atoms with Crippen molar-refractivity contribution in [2.75, 3.05) is 0 Å². The van der Waals surface area contributed by atoms with Crippen LogP contribution in [0.1, 0.15) is 96.8 Å². The zero-order chi connectivity index (χ0) is 13.5. The van der Waals surface area contributed by atoms with Gasteiger partial charge in [-0.15, -0.1) is 0 Å². The summed E-state index contributed by atoms with van der Waals surface area (Å²) in [5.74, 6) is -0.655. The summed E-state index contributed by atoms with van der Waals surface area (Å²) in [4.78, 5) is 10.3. The maximum Gasteiger partial charge on any atom is 0.303 e. The third kappa shape index (κ3) is 23.4. The summed E-state index contributed by atoms with van der Waals surface area (Å²) >= 11 is 0. The summed E-state index contributed by atoms with van der Waals surface area (Å²) in [6.45, 7) is 2.26. The van der Waals surface area contributed by atoms with Gasteiger partial charge < -0.3 is 10.6 Å². The fourth-order valence-electron chi connectivity index (χ4n) is 2.29. The molecule has 0 radical (unpaired) electrons. The van der Waals surface area contributed by atoms with E-state index in [-0.39, 0.29) is 31.7 Å². The summed E-state index contributed by atoms with van der Waals surface area (Å²) in [5, 5.41) is 8.49. The van der Waals surface area contributed by atoms with Gasteiger partial charge in [0, 0.05) is 32.6 Å². The second-order valence-corrected chi connectivity index (χ2v) is 5.39. The van der Waals surface area contributed by atoms with Crippen LogP contribution in [0.4, 0.5) is 0 Å². The standard InChI is InChI=1S/C16H32O2.H2O.Zr/c1-2-3-4-5-6-7-8-9-10-11-12-13-14-15-16(17)18;;/h2-15H2,1H3,(H,17,18);1H2;. The summed E-state index contributed by atoms with van der Waals surface area (Å²) in [7, 11) is 0. The first-order valence-corrected chi connectivity index (χ1v) is 7.99. The number of carbonyl (C=O) groups is 1. The quantitative estimate of drug-likeness (QED) is 0.452. The first kappa shape index (κ1) is 25.3. The van der Waals surface area contributed by atoms with Crippen LogP contribution in [0.25, 0.3) is 0 Å². The van der Waals surface area contributed by atoms with Crippen LogP contribution in [0.2, 0.25) is 0 Å². The molecular weight excluding hydrogens is 331 g/mol. The van der Waals surface area contributed by atoms with E-state index in [1.54, 1.807) is 0 Å². The molecule has 0 aromatic rings. The minimum atomic E-state index is -0.655. The first-order valence-electron chi connectivity index (χ1n) is 7.99. The Hall–Kier alpha value is 0.313. The van der Waals surface area contributed by atoms with E-state index in [0.717, 1.165) is 12.8 Å². The Balaban J connectivity index is -0.00000144. The van der Waals surface area contributed by atoms with Crippen LogP contribution in [0.15, 0.2) is 0 Å². The minimum absolute atomic E-state index is 0. The molecule has 0 rings (SSSR count). The van der Waals surface area contributed by atoms with Gasteiger partial charge in [-0.2, -0.15) is 0 Å². The van der Waals surface area contributed by atoms with E-state index in [1.807, 2.05) is 0 Å².